The van der Waals surface area contributed by atoms with E-state index in [2.05, 4.69) is 0 Å². The number of rotatable bonds is 9. The fourth-order valence-electron chi connectivity index (χ4n) is 1.18. The molecule has 0 spiro atoms. The van der Waals surface area contributed by atoms with Crippen LogP contribution in [0.2, 0.25) is 0 Å². The highest BCUT2D eigenvalue weighted by Gasteiger charge is 2.42. The van der Waals surface area contributed by atoms with Crippen LogP contribution in [0.25, 0.3) is 0 Å². The lowest BCUT2D eigenvalue weighted by Crippen LogP contribution is -2.37. The largest absolute Gasteiger partial charge is 0.367 e. The van der Waals surface area contributed by atoms with Crippen LogP contribution in [-0.4, -0.2) is 59.8 Å². The third-order valence-electron chi connectivity index (χ3n) is 2.35. The molecular weight excluding hydrogens is 264 g/mol. The van der Waals surface area contributed by atoms with Crippen molar-refractivity contribution in [1.82, 2.24) is 0 Å². The standard InChI is InChI=1S/C9H18N2O4S2/c1-14-8(12)6(11)4-17-16-3-5(2-10)7-9(13)15-7/h2,5-10,12-13H,3-4,11H2,1H3. The van der Waals surface area contributed by atoms with E-state index in [0.29, 0.717) is 11.5 Å². The Morgan fingerprint density at radius 2 is 2.12 bits per heavy atom. The maximum absolute atomic E-state index is 9.26. The van der Waals surface area contributed by atoms with Crippen LogP contribution in [0.3, 0.4) is 0 Å². The quantitative estimate of drug-likeness (QED) is 0.150. The summed E-state index contributed by atoms with van der Waals surface area (Å²) >= 11 is 0. The van der Waals surface area contributed by atoms with Crippen molar-refractivity contribution < 1.29 is 19.7 Å². The van der Waals surface area contributed by atoms with Gasteiger partial charge in [-0.25, -0.2) is 0 Å². The lowest BCUT2D eigenvalue weighted by atomic mass is 10.1. The Labute approximate surface area is 108 Å². The minimum atomic E-state index is -0.949. The van der Waals surface area contributed by atoms with E-state index in [1.54, 1.807) is 10.8 Å². The Balaban J connectivity index is 2.08. The summed E-state index contributed by atoms with van der Waals surface area (Å²) in [6.45, 7) is 0. The average molecular weight is 282 g/mol. The van der Waals surface area contributed by atoms with Gasteiger partial charge in [-0.2, -0.15) is 0 Å². The van der Waals surface area contributed by atoms with E-state index in [1.165, 1.54) is 24.1 Å². The van der Waals surface area contributed by atoms with Crippen molar-refractivity contribution in [3.8, 4) is 0 Å². The van der Waals surface area contributed by atoms with E-state index >= 15 is 0 Å². The Kier molecular flexibility index (Phi) is 6.78. The first-order valence-electron chi connectivity index (χ1n) is 5.15. The summed E-state index contributed by atoms with van der Waals surface area (Å²) < 4.78 is 9.59. The van der Waals surface area contributed by atoms with Crippen molar-refractivity contribution in [2.75, 3.05) is 18.6 Å². The molecule has 0 amide bonds. The van der Waals surface area contributed by atoms with Crippen molar-refractivity contribution in [3.05, 3.63) is 0 Å². The number of aliphatic hydroxyl groups is 2. The molecule has 0 aromatic heterocycles. The maximum atomic E-state index is 9.26. The molecule has 100 valence electrons. The molecule has 0 bridgehead atoms. The van der Waals surface area contributed by atoms with Gasteiger partial charge in [0.05, 0.1) is 6.04 Å². The average Bonchev–Trinajstić information content (AvgIpc) is 3.05. The van der Waals surface area contributed by atoms with Gasteiger partial charge in [0.1, 0.15) is 6.10 Å². The molecule has 5 N–H and O–H groups in total. The first-order chi connectivity index (χ1) is 8.10. The number of aliphatic hydroxyl groups excluding tert-OH is 2. The number of nitrogens with one attached hydrogen (secondary N) is 1. The number of nitrogens with two attached hydrogens (primary N) is 1. The first kappa shape index (κ1) is 15.2. The molecule has 1 rings (SSSR count). The first-order valence-corrected chi connectivity index (χ1v) is 7.64. The highest BCUT2D eigenvalue weighted by Crippen LogP contribution is 2.32. The molecule has 0 aromatic rings. The van der Waals surface area contributed by atoms with Gasteiger partial charge in [-0.05, 0) is 0 Å². The third kappa shape index (κ3) is 5.12. The fraction of sp³-hybridized carbons (Fsp3) is 0.889. The fourth-order valence-corrected chi connectivity index (χ4v) is 3.65. The molecule has 1 aliphatic rings. The normalized spacial score (nSPS) is 28.5. The summed E-state index contributed by atoms with van der Waals surface area (Å²) in [7, 11) is 4.45. The van der Waals surface area contributed by atoms with Gasteiger partial charge >= 0.3 is 0 Å². The minimum absolute atomic E-state index is 0.0777. The summed E-state index contributed by atoms with van der Waals surface area (Å²) in [5.74, 6) is 1.15. The molecule has 1 aliphatic heterocycles. The molecule has 5 unspecified atom stereocenters. The zero-order valence-electron chi connectivity index (χ0n) is 9.48. The van der Waals surface area contributed by atoms with Gasteiger partial charge in [0.2, 0.25) is 0 Å². The summed E-state index contributed by atoms with van der Waals surface area (Å²) in [5, 5.41) is 25.5. The van der Waals surface area contributed by atoms with E-state index in [4.69, 9.17) is 25.7 Å². The van der Waals surface area contributed by atoms with Gasteiger partial charge in [-0.3, -0.25) is 0 Å². The van der Waals surface area contributed by atoms with E-state index in [-0.39, 0.29) is 12.0 Å². The monoisotopic (exact) mass is 282 g/mol. The summed E-state index contributed by atoms with van der Waals surface area (Å²) in [5.41, 5.74) is 5.65. The van der Waals surface area contributed by atoms with Gasteiger partial charge < -0.3 is 30.8 Å². The lowest BCUT2D eigenvalue weighted by Gasteiger charge is -2.16. The number of methoxy groups -OCH3 is 1. The molecule has 0 aliphatic carbocycles. The maximum Gasteiger partial charge on any atom is 0.182 e. The van der Waals surface area contributed by atoms with E-state index in [9.17, 15) is 5.11 Å². The van der Waals surface area contributed by atoms with Crippen molar-refractivity contribution in [3.63, 3.8) is 0 Å². The zero-order chi connectivity index (χ0) is 12.8. The smallest absolute Gasteiger partial charge is 0.182 e. The van der Waals surface area contributed by atoms with Crippen LogP contribution in [0.4, 0.5) is 0 Å². The Morgan fingerprint density at radius 1 is 1.53 bits per heavy atom. The summed E-state index contributed by atoms with van der Waals surface area (Å²) in [4.78, 5) is 0. The molecule has 5 atom stereocenters. The molecule has 1 heterocycles. The second-order valence-electron chi connectivity index (χ2n) is 3.68. The molecule has 0 radical (unpaired) electrons. The van der Waals surface area contributed by atoms with Crippen molar-refractivity contribution in [1.29, 1.82) is 5.41 Å². The van der Waals surface area contributed by atoms with Crippen LogP contribution < -0.4 is 5.73 Å². The van der Waals surface area contributed by atoms with E-state index in [1.807, 2.05) is 0 Å². The second kappa shape index (κ2) is 7.57. The Bertz CT molecular complexity index is 247. The van der Waals surface area contributed by atoms with Crippen molar-refractivity contribution >= 4 is 27.8 Å². The zero-order valence-corrected chi connectivity index (χ0v) is 11.1. The van der Waals surface area contributed by atoms with Crippen LogP contribution in [0.15, 0.2) is 0 Å². The predicted octanol–water partition coefficient (Wildman–Crippen LogP) is -0.357. The van der Waals surface area contributed by atoms with Gasteiger partial charge in [0.25, 0.3) is 0 Å². The Hall–Kier alpha value is 0.170. The highest BCUT2D eigenvalue weighted by molar-refractivity contribution is 8.76. The van der Waals surface area contributed by atoms with E-state index in [0.717, 1.165) is 0 Å². The van der Waals surface area contributed by atoms with Crippen LogP contribution in [0.5, 0.6) is 0 Å². The van der Waals surface area contributed by atoms with Gasteiger partial charge in [-0.15, -0.1) is 0 Å². The Morgan fingerprint density at radius 3 is 2.59 bits per heavy atom. The van der Waals surface area contributed by atoms with Crippen LogP contribution in [-0.2, 0) is 9.47 Å². The molecule has 0 saturated carbocycles. The lowest BCUT2D eigenvalue weighted by molar-refractivity contribution is -0.0846. The van der Waals surface area contributed by atoms with Crippen LogP contribution in [0, 0.1) is 11.3 Å². The van der Waals surface area contributed by atoms with Gasteiger partial charge in [0.15, 0.2) is 12.6 Å². The van der Waals surface area contributed by atoms with E-state index < -0.39 is 18.6 Å². The highest BCUT2D eigenvalue weighted by atomic mass is 33.1. The number of hydrogen-bond acceptors (Lipinski definition) is 8. The van der Waals surface area contributed by atoms with Gasteiger partial charge in [-0.1, -0.05) is 21.6 Å². The molecule has 1 saturated heterocycles. The molecule has 6 nitrogen and oxygen atoms in total. The number of ether oxygens (including phenoxy) is 2. The van der Waals surface area contributed by atoms with Gasteiger partial charge in [0, 0.05) is 30.7 Å². The summed E-state index contributed by atoms with van der Waals surface area (Å²) in [6, 6.07) is -0.432. The van der Waals surface area contributed by atoms with Crippen molar-refractivity contribution in [2.45, 2.75) is 24.7 Å². The second-order valence-corrected chi connectivity index (χ2v) is 6.23. The SMILES string of the molecule is COC(O)C(N)CSSCC(C=N)C1OC1O. The number of epoxide rings is 1. The summed E-state index contributed by atoms with van der Waals surface area (Å²) in [6.07, 6.45) is -0.614. The molecule has 1 fully saturated rings. The van der Waals surface area contributed by atoms with Crippen LogP contribution >= 0.6 is 21.6 Å². The predicted molar refractivity (Wildman–Crippen MR) is 69.1 cm³/mol. The third-order valence-corrected chi connectivity index (χ3v) is 4.87. The molecule has 8 heteroatoms. The van der Waals surface area contributed by atoms with Crippen LogP contribution in [0.1, 0.15) is 0 Å². The minimum Gasteiger partial charge on any atom is -0.367 e. The molecular formula is C9H18N2O4S2. The molecule has 17 heavy (non-hydrogen) atoms. The number of hydrogen-bond donors (Lipinski definition) is 4. The van der Waals surface area contributed by atoms with Crippen molar-refractivity contribution in [2.24, 2.45) is 11.7 Å². The topological polar surface area (TPSA) is 112 Å². The molecule has 0 aromatic carbocycles.